The number of aromatic nitrogens is 3. The quantitative estimate of drug-likeness (QED) is 0.496. The monoisotopic (exact) mass is 313 g/mol. The SMILES string of the molecule is COC(=O)c1c(N)c(C#N)cn1-c1ccc2[nH]c(=S)[nH]c2c1. The number of anilines is 1. The number of hydrogen-bond acceptors (Lipinski definition) is 5. The first-order valence-corrected chi connectivity index (χ1v) is 6.67. The molecule has 3 rings (SSSR count). The minimum Gasteiger partial charge on any atom is -0.464 e. The number of fused-ring (bicyclic) bond motifs is 1. The van der Waals surface area contributed by atoms with Gasteiger partial charge in [0.15, 0.2) is 10.5 Å². The van der Waals surface area contributed by atoms with Crippen molar-refractivity contribution >= 4 is 34.9 Å². The number of H-pyrrole nitrogens is 2. The first kappa shape index (κ1) is 13.9. The Morgan fingerprint density at radius 2 is 2.14 bits per heavy atom. The summed E-state index contributed by atoms with van der Waals surface area (Å²) in [6, 6.07) is 7.37. The molecule has 0 bridgehead atoms. The number of nitriles is 1. The van der Waals surface area contributed by atoms with Gasteiger partial charge in [-0.15, -0.1) is 0 Å². The van der Waals surface area contributed by atoms with Crippen molar-refractivity contribution in [3.05, 3.63) is 40.4 Å². The van der Waals surface area contributed by atoms with Gasteiger partial charge in [-0.3, -0.25) is 0 Å². The molecule has 0 unspecified atom stereocenters. The molecule has 3 aromatic rings. The van der Waals surface area contributed by atoms with Gasteiger partial charge in [0.05, 0.1) is 29.4 Å². The van der Waals surface area contributed by atoms with Crippen molar-refractivity contribution in [3.63, 3.8) is 0 Å². The number of nitrogens with zero attached hydrogens (tertiary/aromatic N) is 2. The summed E-state index contributed by atoms with van der Waals surface area (Å²) in [5.41, 5.74) is 8.57. The Hall–Kier alpha value is -3.05. The van der Waals surface area contributed by atoms with E-state index in [1.54, 1.807) is 12.1 Å². The van der Waals surface area contributed by atoms with Crippen LogP contribution in [0.5, 0.6) is 0 Å². The molecule has 2 aromatic heterocycles. The highest BCUT2D eigenvalue weighted by Crippen LogP contribution is 2.26. The van der Waals surface area contributed by atoms with Crippen LogP contribution in [0.3, 0.4) is 0 Å². The van der Waals surface area contributed by atoms with Gasteiger partial charge in [0.2, 0.25) is 0 Å². The number of carbonyl (C=O) groups is 1. The van der Waals surface area contributed by atoms with Crippen molar-refractivity contribution in [1.82, 2.24) is 14.5 Å². The number of rotatable bonds is 2. The molecule has 0 saturated carbocycles. The first-order chi connectivity index (χ1) is 10.5. The van der Waals surface area contributed by atoms with Crippen molar-refractivity contribution in [2.75, 3.05) is 12.8 Å². The van der Waals surface area contributed by atoms with Crippen LogP contribution in [0.25, 0.3) is 16.7 Å². The largest absolute Gasteiger partial charge is 0.464 e. The summed E-state index contributed by atoms with van der Waals surface area (Å²) in [7, 11) is 1.26. The Morgan fingerprint density at radius 1 is 1.41 bits per heavy atom. The van der Waals surface area contributed by atoms with Crippen LogP contribution in [-0.2, 0) is 4.74 Å². The number of methoxy groups -OCH3 is 1. The zero-order valence-electron chi connectivity index (χ0n) is 11.5. The molecule has 0 radical (unpaired) electrons. The molecule has 0 atom stereocenters. The topological polar surface area (TPSA) is 113 Å². The van der Waals surface area contributed by atoms with E-state index in [1.807, 2.05) is 12.1 Å². The number of ether oxygens (including phenoxy) is 1. The smallest absolute Gasteiger partial charge is 0.357 e. The molecular weight excluding hydrogens is 302 g/mol. The molecule has 0 aliphatic heterocycles. The lowest BCUT2D eigenvalue weighted by atomic mass is 10.2. The molecule has 0 spiro atoms. The lowest BCUT2D eigenvalue weighted by molar-refractivity contribution is 0.0593. The molecule has 0 saturated heterocycles. The number of carbonyl (C=O) groups excluding carboxylic acids is 1. The lowest BCUT2D eigenvalue weighted by Gasteiger charge is -2.08. The van der Waals surface area contributed by atoms with E-state index in [-0.39, 0.29) is 16.9 Å². The van der Waals surface area contributed by atoms with Gasteiger partial charge in [-0.1, -0.05) is 0 Å². The highest BCUT2D eigenvalue weighted by molar-refractivity contribution is 7.71. The van der Waals surface area contributed by atoms with Crippen molar-refractivity contribution in [1.29, 1.82) is 5.26 Å². The normalized spacial score (nSPS) is 10.5. The number of nitrogens with two attached hydrogens (primary N) is 1. The third-order valence-corrected chi connectivity index (χ3v) is 3.53. The summed E-state index contributed by atoms with van der Waals surface area (Å²) in [5.74, 6) is -0.610. The molecule has 0 aliphatic rings. The van der Waals surface area contributed by atoms with E-state index in [1.165, 1.54) is 17.9 Å². The molecule has 7 nitrogen and oxygen atoms in total. The van der Waals surface area contributed by atoms with Gasteiger partial charge in [0.1, 0.15) is 6.07 Å². The number of imidazole rings is 1. The summed E-state index contributed by atoms with van der Waals surface area (Å²) < 4.78 is 6.78. The second kappa shape index (κ2) is 5.05. The number of nitrogens with one attached hydrogen (secondary N) is 2. The maximum atomic E-state index is 12.0. The van der Waals surface area contributed by atoms with Gasteiger partial charge < -0.3 is 25.0 Å². The molecule has 0 aliphatic carbocycles. The second-order valence-electron chi connectivity index (χ2n) is 4.59. The standard InChI is InChI=1S/C14H11N5O2S/c1-21-13(20)12-11(16)7(5-15)6-19(12)8-2-3-9-10(4-8)18-14(22)17-9/h2-4,6H,16H2,1H3,(H2,17,18,22). The van der Waals surface area contributed by atoms with Crippen molar-refractivity contribution in [3.8, 4) is 11.8 Å². The number of hydrogen-bond donors (Lipinski definition) is 3. The fourth-order valence-corrected chi connectivity index (χ4v) is 2.51. The van der Waals surface area contributed by atoms with Crippen molar-refractivity contribution < 1.29 is 9.53 Å². The molecular formula is C14H11N5O2S. The van der Waals surface area contributed by atoms with Gasteiger partial charge in [-0.25, -0.2) is 4.79 Å². The minimum atomic E-state index is -0.610. The summed E-state index contributed by atoms with van der Waals surface area (Å²) in [4.78, 5) is 18.0. The molecule has 4 N–H and O–H groups in total. The van der Waals surface area contributed by atoms with Crippen LogP contribution in [0.4, 0.5) is 5.69 Å². The van der Waals surface area contributed by atoms with Crippen LogP contribution in [-0.4, -0.2) is 27.6 Å². The van der Waals surface area contributed by atoms with E-state index in [0.717, 1.165) is 11.0 Å². The van der Waals surface area contributed by atoms with Crippen molar-refractivity contribution in [2.45, 2.75) is 0 Å². The third kappa shape index (κ3) is 2.04. The first-order valence-electron chi connectivity index (χ1n) is 6.27. The Kier molecular flexibility index (Phi) is 3.19. The fourth-order valence-electron chi connectivity index (χ4n) is 2.29. The van der Waals surface area contributed by atoms with Crippen LogP contribution >= 0.6 is 12.2 Å². The Balaban J connectivity index is 2.27. The average molecular weight is 313 g/mol. The van der Waals surface area contributed by atoms with Gasteiger partial charge in [0, 0.05) is 11.9 Å². The van der Waals surface area contributed by atoms with Crippen LogP contribution < -0.4 is 5.73 Å². The molecule has 22 heavy (non-hydrogen) atoms. The molecule has 110 valence electrons. The lowest BCUT2D eigenvalue weighted by Crippen LogP contribution is -2.11. The van der Waals surface area contributed by atoms with E-state index in [9.17, 15) is 4.79 Å². The number of esters is 1. The average Bonchev–Trinajstić information content (AvgIpc) is 3.04. The zero-order valence-corrected chi connectivity index (χ0v) is 12.3. The van der Waals surface area contributed by atoms with E-state index in [4.69, 9.17) is 28.0 Å². The maximum absolute atomic E-state index is 12.0. The minimum absolute atomic E-state index is 0.0939. The van der Waals surface area contributed by atoms with Gasteiger partial charge in [-0.05, 0) is 30.4 Å². The van der Waals surface area contributed by atoms with Crippen molar-refractivity contribution in [2.24, 2.45) is 0 Å². The Morgan fingerprint density at radius 3 is 2.82 bits per heavy atom. The van der Waals surface area contributed by atoms with E-state index in [2.05, 4.69) is 9.97 Å². The molecule has 1 aromatic carbocycles. The Bertz CT molecular complexity index is 989. The summed E-state index contributed by atoms with van der Waals surface area (Å²) >= 11 is 5.05. The van der Waals surface area contributed by atoms with E-state index < -0.39 is 5.97 Å². The molecule has 0 amide bonds. The van der Waals surface area contributed by atoms with Gasteiger partial charge in [0.25, 0.3) is 0 Å². The fraction of sp³-hybridized carbons (Fsp3) is 0.0714. The molecule has 0 fully saturated rings. The third-order valence-electron chi connectivity index (χ3n) is 3.32. The zero-order chi connectivity index (χ0) is 15.9. The number of aromatic amines is 2. The second-order valence-corrected chi connectivity index (χ2v) is 5.00. The molecule has 8 heteroatoms. The number of benzene rings is 1. The summed E-state index contributed by atoms with van der Waals surface area (Å²) in [6.45, 7) is 0. The van der Waals surface area contributed by atoms with Gasteiger partial charge >= 0.3 is 5.97 Å². The summed E-state index contributed by atoms with van der Waals surface area (Å²) in [6.07, 6.45) is 1.50. The Labute approximate surface area is 129 Å². The van der Waals surface area contributed by atoms with Crippen LogP contribution in [0, 0.1) is 16.1 Å². The van der Waals surface area contributed by atoms with E-state index >= 15 is 0 Å². The van der Waals surface area contributed by atoms with Crippen LogP contribution in [0.1, 0.15) is 16.1 Å². The predicted molar refractivity (Wildman–Crippen MR) is 83.3 cm³/mol. The van der Waals surface area contributed by atoms with Gasteiger partial charge in [-0.2, -0.15) is 5.26 Å². The number of nitrogen functional groups attached to an aromatic ring is 1. The van der Waals surface area contributed by atoms with E-state index in [0.29, 0.717) is 10.5 Å². The maximum Gasteiger partial charge on any atom is 0.357 e. The van der Waals surface area contributed by atoms with Crippen LogP contribution in [0.2, 0.25) is 0 Å². The highest BCUT2D eigenvalue weighted by Gasteiger charge is 2.21. The highest BCUT2D eigenvalue weighted by atomic mass is 32.1. The summed E-state index contributed by atoms with van der Waals surface area (Å²) in [5, 5.41) is 9.11. The predicted octanol–water partition coefficient (Wildman–Crippen LogP) is 2.26. The molecule has 2 heterocycles. The van der Waals surface area contributed by atoms with Crippen LogP contribution in [0.15, 0.2) is 24.4 Å².